The van der Waals surface area contributed by atoms with Crippen molar-refractivity contribution >= 4 is 17.8 Å². The van der Waals surface area contributed by atoms with E-state index in [1.54, 1.807) is 6.92 Å². The van der Waals surface area contributed by atoms with E-state index in [2.05, 4.69) is 17.6 Å². The van der Waals surface area contributed by atoms with Crippen molar-refractivity contribution in [3.63, 3.8) is 0 Å². The van der Waals surface area contributed by atoms with Crippen LogP contribution in [0.2, 0.25) is 0 Å². The zero-order valence-corrected chi connectivity index (χ0v) is 12.8. The van der Waals surface area contributed by atoms with Gasteiger partial charge < -0.3 is 0 Å². The molecule has 1 fully saturated rings. The van der Waals surface area contributed by atoms with Crippen molar-refractivity contribution in [2.24, 2.45) is 5.41 Å². The number of rotatable bonds is 5. The summed E-state index contributed by atoms with van der Waals surface area (Å²) in [4.78, 5) is 34.5. The Kier molecular flexibility index (Phi) is 6.97. The van der Waals surface area contributed by atoms with Gasteiger partial charge in [-0.25, -0.2) is 4.79 Å². The van der Waals surface area contributed by atoms with Crippen LogP contribution in [0, 0.1) is 5.41 Å². The van der Waals surface area contributed by atoms with Gasteiger partial charge in [-0.1, -0.05) is 33.1 Å². The number of nitrogens with one attached hydrogen (secondary N) is 2. The molecule has 0 bridgehead atoms. The number of imide groups is 2. The van der Waals surface area contributed by atoms with Crippen LogP contribution < -0.4 is 40.2 Å². The molecule has 0 aromatic heterocycles. The molecule has 4 amide bonds. The molecule has 1 heterocycles. The van der Waals surface area contributed by atoms with Crippen molar-refractivity contribution in [3.8, 4) is 0 Å². The quantitative estimate of drug-likeness (QED) is 0.348. The second kappa shape index (κ2) is 7.13. The fourth-order valence-electron chi connectivity index (χ4n) is 1.98. The fraction of sp³-hybridized carbons (Fsp3) is 0.727. The summed E-state index contributed by atoms with van der Waals surface area (Å²) in [5.41, 5.74) is -1.05. The summed E-state index contributed by atoms with van der Waals surface area (Å²) < 4.78 is 0. The van der Waals surface area contributed by atoms with Crippen molar-refractivity contribution in [2.75, 3.05) is 0 Å². The van der Waals surface area contributed by atoms with Gasteiger partial charge in [0.2, 0.25) is 11.8 Å². The molecule has 17 heavy (non-hydrogen) atoms. The number of hydrogen-bond donors (Lipinski definition) is 2. The molecule has 0 radical (unpaired) electrons. The molecular weight excluding hydrogens is 231 g/mol. The van der Waals surface area contributed by atoms with Gasteiger partial charge in [0, 0.05) is 0 Å². The molecule has 2 N–H and O–H groups in total. The van der Waals surface area contributed by atoms with Crippen LogP contribution in [0.3, 0.4) is 0 Å². The van der Waals surface area contributed by atoms with E-state index in [-0.39, 0.29) is 29.6 Å². The molecule has 6 heteroatoms. The zero-order chi connectivity index (χ0) is 12.2. The maximum absolute atomic E-state index is 11.8. The largest absolute Gasteiger partial charge is 1.00 e. The van der Waals surface area contributed by atoms with Crippen LogP contribution in [0.1, 0.15) is 46.0 Å². The number of carbonyl (C=O) groups excluding carboxylic acids is 3. The van der Waals surface area contributed by atoms with Crippen LogP contribution in [0.4, 0.5) is 4.79 Å². The number of urea groups is 1. The minimum absolute atomic E-state index is 0. The van der Waals surface area contributed by atoms with Crippen molar-refractivity contribution in [2.45, 2.75) is 46.0 Å². The Hall–Kier alpha value is -0.390. The molecule has 1 rings (SSSR count). The average Bonchev–Trinajstić information content (AvgIpc) is 2.22. The Bertz CT molecular complexity index is 298. The number of unbranched alkanes of at least 4 members (excludes halogenated alkanes) is 2. The van der Waals surface area contributed by atoms with Crippen molar-refractivity contribution in [1.82, 2.24) is 10.6 Å². The van der Waals surface area contributed by atoms with Crippen LogP contribution in [0.5, 0.6) is 0 Å². The van der Waals surface area contributed by atoms with E-state index in [0.717, 1.165) is 19.3 Å². The number of hydrogen-bond acceptors (Lipinski definition) is 3. The predicted octanol–water partition coefficient (Wildman–Crippen LogP) is -1.67. The van der Waals surface area contributed by atoms with Gasteiger partial charge in [0.15, 0.2) is 0 Å². The van der Waals surface area contributed by atoms with Gasteiger partial charge in [-0.05, 0) is 12.8 Å². The molecule has 0 spiro atoms. The molecule has 0 aliphatic carbocycles. The molecule has 5 nitrogen and oxygen atoms in total. The van der Waals surface area contributed by atoms with Crippen LogP contribution in [-0.4, -0.2) is 17.8 Å². The van der Waals surface area contributed by atoms with Gasteiger partial charge in [-0.3, -0.25) is 20.2 Å². The Morgan fingerprint density at radius 3 is 1.94 bits per heavy atom. The second-order valence-electron chi connectivity index (χ2n) is 4.13. The van der Waals surface area contributed by atoms with E-state index in [0.29, 0.717) is 12.8 Å². The monoisotopic (exact) mass is 249 g/mol. The molecule has 0 atom stereocenters. The first-order valence-corrected chi connectivity index (χ1v) is 5.73. The molecule has 1 saturated heterocycles. The van der Waals surface area contributed by atoms with E-state index in [1.165, 1.54) is 0 Å². The Labute approximate surface area is 123 Å². The van der Waals surface area contributed by atoms with Gasteiger partial charge in [0.25, 0.3) is 0 Å². The minimum Gasteiger partial charge on any atom is -0.277 e. The first-order valence-electron chi connectivity index (χ1n) is 5.73. The van der Waals surface area contributed by atoms with E-state index in [1.807, 2.05) is 0 Å². The van der Waals surface area contributed by atoms with Crippen LogP contribution in [-0.2, 0) is 9.59 Å². The standard InChI is InChI=1S/C11H18N2O3.Na/c1-3-5-6-7-11(4-2)8(14)12-10(16)13-9(11)15;/h3-7H2,1-2H3,(H2,12,13,14,15,16);/q;+1. The fourth-order valence-corrected chi connectivity index (χ4v) is 1.98. The second-order valence-corrected chi connectivity index (χ2v) is 4.13. The first-order chi connectivity index (χ1) is 7.56. The minimum atomic E-state index is -1.05. The summed E-state index contributed by atoms with van der Waals surface area (Å²) in [6, 6.07) is -0.713. The van der Waals surface area contributed by atoms with Gasteiger partial charge in [-0.15, -0.1) is 0 Å². The first kappa shape index (κ1) is 16.6. The third-order valence-corrected chi connectivity index (χ3v) is 3.13. The summed E-state index contributed by atoms with van der Waals surface area (Å²) >= 11 is 0. The Morgan fingerprint density at radius 1 is 1.00 bits per heavy atom. The van der Waals surface area contributed by atoms with E-state index in [4.69, 9.17) is 0 Å². The van der Waals surface area contributed by atoms with Crippen LogP contribution in [0.25, 0.3) is 0 Å². The molecule has 90 valence electrons. The number of barbiturate groups is 1. The number of carbonyl (C=O) groups is 3. The SMILES string of the molecule is CCCCCC1(CC)C(=O)NC(=O)NC1=O.[Na+]. The van der Waals surface area contributed by atoms with Crippen molar-refractivity contribution in [3.05, 3.63) is 0 Å². The average molecular weight is 249 g/mol. The molecule has 0 saturated carbocycles. The van der Waals surface area contributed by atoms with E-state index < -0.39 is 23.3 Å². The summed E-state index contributed by atoms with van der Waals surface area (Å²) in [5, 5.41) is 4.34. The van der Waals surface area contributed by atoms with Crippen molar-refractivity contribution in [1.29, 1.82) is 0 Å². The molecule has 1 aliphatic heterocycles. The topological polar surface area (TPSA) is 75.3 Å². The summed E-state index contributed by atoms with van der Waals surface area (Å²) in [6.07, 6.45) is 3.75. The summed E-state index contributed by atoms with van der Waals surface area (Å²) in [5.74, 6) is -0.917. The van der Waals surface area contributed by atoms with E-state index >= 15 is 0 Å². The maximum Gasteiger partial charge on any atom is 1.00 e. The third-order valence-electron chi connectivity index (χ3n) is 3.13. The van der Waals surface area contributed by atoms with Gasteiger partial charge >= 0.3 is 35.6 Å². The maximum atomic E-state index is 11.8. The Morgan fingerprint density at radius 2 is 1.53 bits per heavy atom. The van der Waals surface area contributed by atoms with Crippen molar-refractivity contribution < 1.29 is 43.9 Å². The summed E-state index contributed by atoms with van der Waals surface area (Å²) in [7, 11) is 0. The molecule has 0 aromatic rings. The Balaban J connectivity index is 0.00000256. The van der Waals surface area contributed by atoms with Gasteiger partial charge in [0.1, 0.15) is 5.41 Å². The number of amides is 4. The predicted molar refractivity (Wildman–Crippen MR) is 58.5 cm³/mol. The summed E-state index contributed by atoms with van der Waals surface area (Å²) in [6.45, 7) is 3.85. The van der Waals surface area contributed by atoms with Gasteiger partial charge in [0.05, 0.1) is 0 Å². The zero-order valence-electron chi connectivity index (χ0n) is 10.8. The van der Waals surface area contributed by atoms with Gasteiger partial charge in [-0.2, -0.15) is 0 Å². The van der Waals surface area contributed by atoms with Crippen LogP contribution in [0.15, 0.2) is 0 Å². The molecular formula is C11H18N2NaO3+. The third kappa shape index (κ3) is 3.53. The molecule has 0 unspecified atom stereocenters. The molecule has 1 aliphatic rings. The normalized spacial score (nSPS) is 18.1. The van der Waals surface area contributed by atoms with Crippen LogP contribution >= 0.6 is 0 Å². The van der Waals surface area contributed by atoms with E-state index in [9.17, 15) is 14.4 Å². The smallest absolute Gasteiger partial charge is 0.277 e. The molecule has 0 aromatic carbocycles.